The molecule has 0 spiro atoms. The lowest BCUT2D eigenvalue weighted by atomic mass is 10.1. The van der Waals surface area contributed by atoms with Gasteiger partial charge in [-0.05, 0) is 18.6 Å². The molecule has 0 heterocycles. The van der Waals surface area contributed by atoms with E-state index in [1.165, 1.54) is 37.8 Å². The Kier molecular flexibility index (Phi) is 8.49. The molecular weight excluding hydrogens is 255 g/mol. The van der Waals surface area contributed by atoms with Crippen molar-refractivity contribution in [2.24, 2.45) is 0 Å². The van der Waals surface area contributed by atoms with E-state index in [1.54, 1.807) is 6.07 Å². The number of aliphatic hydroxyl groups excluding tert-OH is 1. The second-order valence-electron chi connectivity index (χ2n) is 4.72. The lowest BCUT2D eigenvalue weighted by Crippen LogP contribution is -2.00. The van der Waals surface area contributed by atoms with Gasteiger partial charge in [0.25, 0.3) is 0 Å². The fourth-order valence-corrected chi connectivity index (χ4v) is 1.92. The van der Waals surface area contributed by atoms with Gasteiger partial charge >= 0.3 is 0 Å². The van der Waals surface area contributed by atoms with E-state index in [4.69, 9.17) is 9.84 Å². The van der Waals surface area contributed by atoms with Crippen LogP contribution in [0.5, 0.6) is 5.75 Å². The molecule has 0 fully saturated rings. The first-order valence-electron chi connectivity index (χ1n) is 7.30. The van der Waals surface area contributed by atoms with Crippen LogP contribution in [-0.2, 0) is 0 Å². The summed E-state index contributed by atoms with van der Waals surface area (Å²) in [6, 6.07) is 4.27. The van der Waals surface area contributed by atoms with Crippen LogP contribution in [0.1, 0.15) is 51.0 Å². The van der Waals surface area contributed by atoms with E-state index in [0.29, 0.717) is 17.9 Å². The molecule has 1 rings (SSSR count). The molecule has 0 saturated heterocycles. The normalized spacial score (nSPS) is 9.95. The lowest BCUT2D eigenvalue weighted by molar-refractivity contribution is 0.302. The number of ether oxygens (including phenoxy) is 1. The number of hydrogen-bond donors (Lipinski definition) is 1. The minimum absolute atomic E-state index is 0.214. The first kappa shape index (κ1) is 16.5. The largest absolute Gasteiger partial charge is 0.492 e. The van der Waals surface area contributed by atoms with Crippen LogP contribution in [0.4, 0.5) is 4.39 Å². The first-order chi connectivity index (χ1) is 9.77. The van der Waals surface area contributed by atoms with E-state index in [-0.39, 0.29) is 12.4 Å². The molecule has 0 bridgehead atoms. The van der Waals surface area contributed by atoms with Gasteiger partial charge in [0, 0.05) is 6.07 Å². The summed E-state index contributed by atoms with van der Waals surface area (Å²) in [5.41, 5.74) is 0.617. The van der Waals surface area contributed by atoms with Gasteiger partial charge in [-0.25, -0.2) is 4.39 Å². The summed E-state index contributed by atoms with van der Waals surface area (Å²) in [7, 11) is 0. The maximum absolute atomic E-state index is 13.2. The molecule has 110 valence electrons. The van der Waals surface area contributed by atoms with E-state index in [9.17, 15) is 4.39 Å². The van der Waals surface area contributed by atoms with Crippen molar-refractivity contribution in [3.05, 3.63) is 29.6 Å². The van der Waals surface area contributed by atoms with Gasteiger partial charge < -0.3 is 9.84 Å². The van der Waals surface area contributed by atoms with Crippen molar-refractivity contribution >= 4 is 0 Å². The standard InChI is InChI=1S/C17H23FO2/c1-2-3-4-5-6-7-13-20-17-14-16(18)11-10-15(17)9-8-12-19/h10-11,14,19H,2-7,12-13H2,1H3. The average molecular weight is 278 g/mol. The molecule has 20 heavy (non-hydrogen) atoms. The first-order valence-corrected chi connectivity index (χ1v) is 7.30. The predicted molar refractivity (Wildman–Crippen MR) is 79.2 cm³/mol. The molecule has 0 aromatic heterocycles. The quantitative estimate of drug-likeness (QED) is 0.577. The number of halogens is 1. The Labute approximate surface area is 121 Å². The summed E-state index contributed by atoms with van der Waals surface area (Å²) >= 11 is 0. The topological polar surface area (TPSA) is 29.5 Å². The maximum atomic E-state index is 13.2. The molecule has 0 saturated carbocycles. The lowest BCUT2D eigenvalue weighted by Gasteiger charge is -2.08. The summed E-state index contributed by atoms with van der Waals surface area (Å²) < 4.78 is 18.8. The van der Waals surface area contributed by atoms with Crippen LogP contribution in [0.25, 0.3) is 0 Å². The monoisotopic (exact) mass is 278 g/mol. The summed E-state index contributed by atoms with van der Waals surface area (Å²) in [4.78, 5) is 0. The molecule has 1 aromatic carbocycles. The van der Waals surface area contributed by atoms with Crippen LogP contribution in [0.15, 0.2) is 18.2 Å². The van der Waals surface area contributed by atoms with Gasteiger partial charge in [-0.3, -0.25) is 0 Å². The van der Waals surface area contributed by atoms with Gasteiger partial charge in [-0.15, -0.1) is 0 Å². The van der Waals surface area contributed by atoms with Crippen LogP contribution in [0, 0.1) is 17.7 Å². The Morgan fingerprint density at radius 2 is 1.90 bits per heavy atom. The Bertz CT molecular complexity index is 446. The van der Waals surface area contributed by atoms with Crippen LogP contribution in [0.2, 0.25) is 0 Å². The van der Waals surface area contributed by atoms with Gasteiger partial charge in [-0.2, -0.15) is 0 Å². The molecule has 0 aliphatic carbocycles. The van der Waals surface area contributed by atoms with Crippen molar-refractivity contribution < 1.29 is 14.2 Å². The molecular formula is C17H23FO2. The van der Waals surface area contributed by atoms with Crippen molar-refractivity contribution in [3.63, 3.8) is 0 Å². The Hall–Kier alpha value is -1.53. The minimum atomic E-state index is -0.336. The zero-order valence-electron chi connectivity index (χ0n) is 12.1. The fraction of sp³-hybridized carbons (Fsp3) is 0.529. The van der Waals surface area contributed by atoms with Crippen molar-refractivity contribution in [1.29, 1.82) is 0 Å². The van der Waals surface area contributed by atoms with Gasteiger partial charge in [0.2, 0.25) is 0 Å². The average Bonchev–Trinajstić information content (AvgIpc) is 2.45. The number of hydrogen-bond acceptors (Lipinski definition) is 2. The number of aliphatic hydroxyl groups is 1. The molecule has 1 aromatic rings. The van der Waals surface area contributed by atoms with E-state index in [0.717, 1.165) is 12.8 Å². The highest BCUT2D eigenvalue weighted by Crippen LogP contribution is 2.19. The van der Waals surface area contributed by atoms with Gasteiger partial charge in [0.1, 0.15) is 18.2 Å². The Balaban J connectivity index is 2.40. The number of unbranched alkanes of at least 4 members (excludes halogenated alkanes) is 5. The molecule has 0 aliphatic rings. The van der Waals surface area contributed by atoms with Crippen molar-refractivity contribution in [2.75, 3.05) is 13.2 Å². The summed E-state index contributed by atoms with van der Waals surface area (Å²) in [6.45, 7) is 2.56. The van der Waals surface area contributed by atoms with Crippen molar-refractivity contribution in [1.82, 2.24) is 0 Å². The highest BCUT2D eigenvalue weighted by molar-refractivity contribution is 5.46. The molecule has 0 unspecified atom stereocenters. The minimum Gasteiger partial charge on any atom is -0.492 e. The van der Waals surface area contributed by atoms with E-state index in [2.05, 4.69) is 18.8 Å². The number of benzene rings is 1. The highest BCUT2D eigenvalue weighted by Gasteiger charge is 2.03. The Morgan fingerprint density at radius 3 is 2.65 bits per heavy atom. The molecule has 0 amide bonds. The van der Waals surface area contributed by atoms with Crippen LogP contribution in [0.3, 0.4) is 0 Å². The van der Waals surface area contributed by atoms with Gasteiger partial charge in [0.15, 0.2) is 0 Å². The van der Waals surface area contributed by atoms with Crippen LogP contribution in [-0.4, -0.2) is 18.3 Å². The summed E-state index contributed by atoms with van der Waals surface area (Å²) in [5.74, 6) is 5.44. The Morgan fingerprint density at radius 1 is 1.15 bits per heavy atom. The maximum Gasteiger partial charge on any atom is 0.137 e. The molecule has 2 nitrogen and oxygen atoms in total. The zero-order chi connectivity index (χ0) is 14.6. The second-order valence-corrected chi connectivity index (χ2v) is 4.72. The fourth-order valence-electron chi connectivity index (χ4n) is 1.92. The third kappa shape index (κ3) is 6.58. The SMILES string of the molecule is CCCCCCCCOc1cc(F)ccc1C#CCO. The van der Waals surface area contributed by atoms with E-state index in [1.807, 2.05) is 0 Å². The molecule has 0 radical (unpaired) electrons. The summed E-state index contributed by atoms with van der Waals surface area (Å²) in [5, 5.41) is 8.70. The molecule has 3 heteroatoms. The predicted octanol–water partition coefficient (Wildman–Crippen LogP) is 3.91. The van der Waals surface area contributed by atoms with Crippen molar-refractivity contribution in [2.45, 2.75) is 45.4 Å². The van der Waals surface area contributed by atoms with Crippen LogP contribution < -0.4 is 4.74 Å². The molecule has 0 atom stereocenters. The zero-order valence-corrected chi connectivity index (χ0v) is 12.1. The smallest absolute Gasteiger partial charge is 0.137 e. The summed E-state index contributed by atoms with van der Waals surface area (Å²) in [6.07, 6.45) is 7.11. The van der Waals surface area contributed by atoms with E-state index >= 15 is 0 Å². The number of rotatable bonds is 8. The van der Waals surface area contributed by atoms with Gasteiger partial charge in [0.05, 0.1) is 12.2 Å². The van der Waals surface area contributed by atoms with Crippen LogP contribution >= 0.6 is 0 Å². The second kappa shape index (κ2) is 10.3. The third-order valence-corrected chi connectivity index (χ3v) is 3.00. The third-order valence-electron chi connectivity index (χ3n) is 3.00. The molecule has 0 aliphatic heterocycles. The van der Waals surface area contributed by atoms with Crippen molar-refractivity contribution in [3.8, 4) is 17.6 Å². The highest BCUT2D eigenvalue weighted by atomic mass is 19.1. The molecule has 1 N–H and O–H groups in total. The van der Waals surface area contributed by atoms with Gasteiger partial charge in [-0.1, -0.05) is 50.9 Å². The van der Waals surface area contributed by atoms with E-state index < -0.39 is 0 Å².